The van der Waals surface area contributed by atoms with Crippen molar-refractivity contribution in [3.8, 4) is 0 Å². The summed E-state index contributed by atoms with van der Waals surface area (Å²) in [4.78, 5) is 20.6. The smallest absolute Gasteiger partial charge is 0.272 e. The van der Waals surface area contributed by atoms with Gasteiger partial charge in [0.25, 0.3) is 5.91 Å². The van der Waals surface area contributed by atoms with Gasteiger partial charge in [0.05, 0.1) is 12.6 Å². The van der Waals surface area contributed by atoms with E-state index in [1.165, 1.54) is 4.31 Å². The van der Waals surface area contributed by atoms with Crippen LogP contribution >= 0.6 is 11.6 Å². The zero-order valence-corrected chi connectivity index (χ0v) is 16.9. The van der Waals surface area contributed by atoms with Crippen molar-refractivity contribution in [2.24, 2.45) is 0 Å². The minimum absolute atomic E-state index is 0.241. The molecule has 0 N–H and O–H groups in total. The summed E-state index contributed by atoms with van der Waals surface area (Å²) in [6, 6.07) is 4.92. The fourth-order valence-electron chi connectivity index (χ4n) is 4.31. The first-order valence-corrected chi connectivity index (χ1v) is 10.8. The molecule has 10 heteroatoms. The number of sulfonamides is 1. The second kappa shape index (κ2) is 6.66. The molecule has 1 aromatic heterocycles. The van der Waals surface area contributed by atoms with E-state index in [2.05, 4.69) is 4.98 Å². The lowest BCUT2D eigenvalue weighted by Crippen LogP contribution is -2.56. The quantitative estimate of drug-likeness (QED) is 0.659. The zero-order chi connectivity index (χ0) is 19.4. The van der Waals surface area contributed by atoms with E-state index in [1.807, 2.05) is 19.0 Å². The van der Waals surface area contributed by atoms with Crippen molar-refractivity contribution in [1.82, 2.24) is 19.1 Å². The Balaban J connectivity index is 1.57. The molecule has 3 saturated heterocycles. The van der Waals surface area contributed by atoms with Gasteiger partial charge in [-0.05, 0) is 32.6 Å². The van der Waals surface area contributed by atoms with Gasteiger partial charge in [0.1, 0.15) is 21.7 Å². The summed E-state index contributed by atoms with van der Waals surface area (Å²) in [6.45, 7) is 1.97. The van der Waals surface area contributed by atoms with Gasteiger partial charge in [-0.2, -0.15) is 4.31 Å². The van der Waals surface area contributed by atoms with E-state index >= 15 is 0 Å². The minimum Gasteiger partial charge on any atom is -0.365 e. The second-order valence-electron chi connectivity index (χ2n) is 7.74. The van der Waals surface area contributed by atoms with Crippen molar-refractivity contribution >= 4 is 27.5 Å². The van der Waals surface area contributed by atoms with Crippen molar-refractivity contribution in [3.05, 3.63) is 29.0 Å². The lowest BCUT2D eigenvalue weighted by atomic mass is 9.99. The standard InChI is InChI=1S/C17H23ClN4O4S/c1-20(2)6-7-22-11-17-10-21(16(23)13-4-3-5-15(18)19-13)9-12(26-17)8-14(17)27(22,24)25/h3-5,12,14H,6-11H2,1-2H3/t12-,14+,17+/m1/s1. The Morgan fingerprint density at radius 1 is 1.41 bits per heavy atom. The number of morpholine rings is 1. The van der Waals surface area contributed by atoms with Crippen molar-refractivity contribution in [2.75, 3.05) is 46.8 Å². The molecular formula is C17H23ClN4O4S. The lowest BCUT2D eigenvalue weighted by Gasteiger charge is -2.39. The average molecular weight is 415 g/mol. The molecule has 4 heterocycles. The molecule has 3 fully saturated rings. The molecule has 3 aliphatic rings. The van der Waals surface area contributed by atoms with Gasteiger partial charge in [0, 0.05) is 26.2 Å². The molecule has 148 valence electrons. The van der Waals surface area contributed by atoms with Crippen molar-refractivity contribution in [3.63, 3.8) is 0 Å². The number of rotatable bonds is 4. The topological polar surface area (TPSA) is 83.0 Å². The van der Waals surface area contributed by atoms with Crippen molar-refractivity contribution in [2.45, 2.75) is 23.4 Å². The minimum atomic E-state index is -3.44. The zero-order valence-electron chi connectivity index (χ0n) is 15.3. The molecule has 0 unspecified atom stereocenters. The van der Waals surface area contributed by atoms with Gasteiger partial charge in [0.15, 0.2) is 0 Å². The number of amides is 1. The molecule has 1 aromatic rings. The van der Waals surface area contributed by atoms with E-state index in [1.54, 1.807) is 23.1 Å². The van der Waals surface area contributed by atoms with E-state index in [4.69, 9.17) is 16.3 Å². The summed E-state index contributed by atoms with van der Waals surface area (Å²) in [7, 11) is 0.383. The number of aromatic nitrogens is 1. The fraction of sp³-hybridized carbons (Fsp3) is 0.647. The van der Waals surface area contributed by atoms with Crippen LogP contribution in [0.1, 0.15) is 16.9 Å². The van der Waals surface area contributed by atoms with Gasteiger partial charge in [-0.15, -0.1) is 0 Å². The number of pyridine rings is 1. The summed E-state index contributed by atoms with van der Waals surface area (Å²) in [5.41, 5.74) is -0.593. The molecular weight excluding hydrogens is 392 g/mol. The molecule has 0 aromatic carbocycles. The number of hydrogen-bond donors (Lipinski definition) is 0. The number of nitrogens with zero attached hydrogens (tertiary/aromatic N) is 4. The molecule has 0 aliphatic carbocycles. The Labute approximate surface area is 164 Å². The van der Waals surface area contributed by atoms with Gasteiger partial charge in [0.2, 0.25) is 10.0 Å². The fourth-order valence-corrected chi connectivity index (χ4v) is 6.77. The number of carbonyl (C=O) groups excluding carboxylic acids is 1. The van der Waals surface area contributed by atoms with Crippen LogP contribution < -0.4 is 0 Å². The van der Waals surface area contributed by atoms with E-state index in [-0.39, 0.29) is 35.9 Å². The van der Waals surface area contributed by atoms with Gasteiger partial charge in [-0.25, -0.2) is 13.4 Å². The van der Waals surface area contributed by atoms with E-state index in [9.17, 15) is 13.2 Å². The maximum Gasteiger partial charge on any atom is 0.272 e. The van der Waals surface area contributed by atoms with Gasteiger partial charge in [-0.3, -0.25) is 4.79 Å². The number of halogens is 1. The monoisotopic (exact) mass is 414 g/mol. The second-order valence-corrected chi connectivity index (χ2v) is 10.2. The first-order chi connectivity index (χ1) is 12.7. The van der Waals surface area contributed by atoms with Gasteiger partial charge < -0.3 is 14.5 Å². The van der Waals surface area contributed by atoms with E-state index in [0.717, 1.165) is 0 Å². The van der Waals surface area contributed by atoms with Crippen LogP contribution in [-0.4, -0.2) is 97.2 Å². The normalized spacial score (nSPS) is 32.1. The van der Waals surface area contributed by atoms with Crippen molar-refractivity contribution < 1.29 is 17.9 Å². The summed E-state index contributed by atoms with van der Waals surface area (Å²) >= 11 is 5.91. The predicted octanol–water partition coefficient (Wildman–Crippen LogP) is 0.294. The third-order valence-corrected chi connectivity index (χ3v) is 8.11. The van der Waals surface area contributed by atoms with Crippen LogP contribution in [-0.2, 0) is 14.8 Å². The molecule has 0 saturated carbocycles. The molecule has 3 atom stereocenters. The third kappa shape index (κ3) is 3.25. The number of carbonyl (C=O) groups is 1. The number of likely N-dealkylation sites (tertiary alicyclic amines) is 1. The van der Waals surface area contributed by atoms with Crippen LogP contribution in [0.2, 0.25) is 5.15 Å². The maximum atomic E-state index is 13.0. The lowest BCUT2D eigenvalue weighted by molar-refractivity contribution is -0.0978. The Bertz CT molecular complexity index is 864. The highest BCUT2D eigenvalue weighted by atomic mass is 35.5. The molecule has 8 nitrogen and oxygen atoms in total. The van der Waals surface area contributed by atoms with Crippen LogP contribution in [0.4, 0.5) is 0 Å². The highest BCUT2D eigenvalue weighted by molar-refractivity contribution is 7.90. The first-order valence-electron chi connectivity index (χ1n) is 8.95. The molecule has 1 amide bonds. The summed E-state index contributed by atoms with van der Waals surface area (Å²) in [5, 5.41) is -0.339. The maximum absolute atomic E-state index is 13.0. The molecule has 27 heavy (non-hydrogen) atoms. The van der Waals surface area contributed by atoms with Crippen molar-refractivity contribution in [1.29, 1.82) is 0 Å². The summed E-state index contributed by atoms with van der Waals surface area (Å²) < 4.78 is 33.7. The highest BCUT2D eigenvalue weighted by Gasteiger charge is 2.65. The van der Waals surface area contributed by atoms with Crippen LogP contribution in [0.15, 0.2) is 18.2 Å². The Kier molecular flexibility index (Phi) is 4.71. The van der Waals surface area contributed by atoms with Crippen LogP contribution in [0, 0.1) is 0 Å². The van der Waals surface area contributed by atoms with E-state index in [0.29, 0.717) is 26.1 Å². The van der Waals surface area contributed by atoms with E-state index < -0.39 is 20.9 Å². The molecule has 2 bridgehead atoms. The average Bonchev–Trinajstić information content (AvgIpc) is 2.98. The van der Waals surface area contributed by atoms with Crippen LogP contribution in [0.5, 0.6) is 0 Å². The Hall–Kier alpha value is -1.26. The number of likely N-dealkylation sites (N-methyl/N-ethyl adjacent to an activating group) is 1. The SMILES string of the molecule is CN(C)CCN1C[C@@]23CN(C(=O)c4cccc(Cl)n4)C[C@@H](C[C@@H]2S1(=O)=O)O3. The van der Waals surface area contributed by atoms with Crippen LogP contribution in [0.25, 0.3) is 0 Å². The Morgan fingerprint density at radius 2 is 2.19 bits per heavy atom. The first kappa shape index (κ1) is 19.1. The van der Waals surface area contributed by atoms with Gasteiger partial charge in [-0.1, -0.05) is 17.7 Å². The molecule has 0 radical (unpaired) electrons. The third-order valence-electron chi connectivity index (χ3n) is 5.53. The summed E-state index contributed by atoms with van der Waals surface area (Å²) in [6.07, 6.45) is 0.158. The highest BCUT2D eigenvalue weighted by Crippen LogP contribution is 2.46. The number of ether oxygens (including phenoxy) is 1. The number of fused-ring (bicyclic) bond motifs is 1. The Morgan fingerprint density at radius 3 is 2.89 bits per heavy atom. The predicted molar refractivity (Wildman–Crippen MR) is 100 cm³/mol. The molecule has 4 rings (SSSR count). The molecule has 1 spiro atoms. The summed E-state index contributed by atoms with van der Waals surface area (Å²) in [5.74, 6) is -0.241. The largest absolute Gasteiger partial charge is 0.365 e. The van der Waals surface area contributed by atoms with Crippen LogP contribution in [0.3, 0.4) is 0 Å². The van der Waals surface area contributed by atoms with Gasteiger partial charge >= 0.3 is 0 Å². The molecule has 3 aliphatic heterocycles. The number of hydrogen-bond acceptors (Lipinski definition) is 6.